The Kier molecular flexibility index (Phi) is 4.34. The van der Waals surface area contributed by atoms with Gasteiger partial charge in [0.05, 0.1) is 27.8 Å². The van der Waals surface area contributed by atoms with Crippen LogP contribution in [-0.4, -0.2) is 27.1 Å². The summed E-state index contributed by atoms with van der Waals surface area (Å²) in [5, 5.41) is 0. The van der Waals surface area contributed by atoms with Crippen LogP contribution in [0, 0.1) is 6.92 Å². The molecule has 0 aliphatic carbocycles. The van der Waals surface area contributed by atoms with Crippen LogP contribution in [0.15, 0.2) is 30.3 Å². The highest BCUT2D eigenvalue weighted by atomic mass is 16.5. The summed E-state index contributed by atoms with van der Waals surface area (Å²) in [5.41, 5.74) is 2.41. The third kappa shape index (κ3) is 2.77. The molecule has 0 spiro atoms. The zero-order chi connectivity index (χ0) is 17.3. The molecule has 2 aromatic rings. The first-order valence-electron chi connectivity index (χ1n) is 7.67. The van der Waals surface area contributed by atoms with Gasteiger partial charge in [0.2, 0.25) is 0 Å². The maximum absolute atomic E-state index is 12.6. The van der Waals surface area contributed by atoms with Crippen LogP contribution in [0.2, 0.25) is 0 Å². The van der Waals surface area contributed by atoms with Crippen LogP contribution in [0.25, 0.3) is 0 Å². The molecule has 1 atom stereocenters. The van der Waals surface area contributed by atoms with E-state index in [0.29, 0.717) is 22.8 Å². The van der Waals surface area contributed by atoms with Crippen molar-refractivity contribution >= 4 is 5.78 Å². The van der Waals surface area contributed by atoms with E-state index in [1.165, 1.54) is 7.11 Å². The highest BCUT2D eigenvalue weighted by Crippen LogP contribution is 2.42. The molecule has 1 unspecified atom stereocenters. The van der Waals surface area contributed by atoms with E-state index >= 15 is 0 Å². The number of aryl methyl sites for hydroxylation is 1. The number of ether oxygens (including phenoxy) is 4. The van der Waals surface area contributed by atoms with Crippen LogP contribution in [-0.2, 0) is 0 Å². The second-order valence-electron chi connectivity index (χ2n) is 5.67. The van der Waals surface area contributed by atoms with Crippen molar-refractivity contribution in [2.24, 2.45) is 0 Å². The first-order valence-corrected chi connectivity index (χ1v) is 7.67. The van der Waals surface area contributed by atoms with Crippen LogP contribution in [0.4, 0.5) is 0 Å². The zero-order valence-electron chi connectivity index (χ0n) is 14.2. The molecule has 0 aromatic heterocycles. The lowest BCUT2D eigenvalue weighted by Crippen LogP contribution is -2.21. The van der Waals surface area contributed by atoms with E-state index in [0.717, 1.165) is 16.9 Å². The Bertz CT molecular complexity index is 782. The van der Waals surface area contributed by atoms with Crippen molar-refractivity contribution < 1.29 is 23.7 Å². The predicted octanol–water partition coefficient (Wildman–Crippen LogP) is 3.73. The van der Waals surface area contributed by atoms with E-state index < -0.39 is 0 Å². The van der Waals surface area contributed by atoms with Gasteiger partial charge in [-0.05, 0) is 30.2 Å². The molecule has 3 rings (SSSR count). The molecular formula is C19H20O5. The summed E-state index contributed by atoms with van der Waals surface area (Å²) >= 11 is 0. The maximum Gasteiger partial charge on any atom is 0.174 e. The van der Waals surface area contributed by atoms with Crippen molar-refractivity contribution in [3.05, 3.63) is 47.0 Å². The van der Waals surface area contributed by atoms with E-state index in [2.05, 4.69) is 0 Å². The number of fused-ring (bicyclic) bond motifs is 1. The molecule has 0 bridgehead atoms. The Morgan fingerprint density at radius 2 is 1.75 bits per heavy atom. The summed E-state index contributed by atoms with van der Waals surface area (Å²) in [7, 11) is 4.73. The highest BCUT2D eigenvalue weighted by molar-refractivity contribution is 6.02. The second-order valence-corrected chi connectivity index (χ2v) is 5.67. The fourth-order valence-corrected chi connectivity index (χ4v) is 2.97. The Labute approximate surface area is 141 Å². The lowest BCUT2D eigenvalue weighted by molar-refractivity contribution is 0.0844. The zero-order valence-corrected chi connectivity index (χ0v) is 14.2. The maximum atomic E-state index is 12.6. The smallest absolute Gasteiger partial charge is 0.174 e. The minimum absolute atomic E-state index is 0.00535. The number of hydrogen-bond acceptors (Lipinski definition) is 5. The molecule has 0 saturated heterocycles. The van der Waals surface area contributed by atoms with E-state index in [9.17, 15) is 4.79 Å². The molecule has 2 aromatic carbocycles. The molecule has 0 fully saturated rings. The van der Waals surface area contributed by atoms with Gasteiger partial charge in [0.15, 0.2) is 5.78 Å². The number of carbonyl (C=O) groups excluding carboxylic acids is 1. The van der Waals surface area contributed by atoms with Gasteiger partial charge < -0.3 is 18.9 Å². The Hall–Kier alpha value is -2.69. The summed E-state index contributed by atoms with van der Waals surface area (Å²) in [6.45, 7) is 1.97. The van der Waals surface area contributed by atoms with Crippen LogP contribution in [0.1, 0.15) is 34.0 Å². The van der Waals surface area contributed by atoms with Gasteiger partial charge in [0.25, 0.3) is 0 Å². The van der Waals surface area contributed by atoms with Crippen LogP contribution in [0.3, 0.4) is 0 Å². The van der Waals surface area contributed by atoms with Crippen molar-refractivity contribution in [3.8, 4) is 23.0 Å². The number of hydrogen-bond donors (Lipinski definition) is 0. The summed E-state index contributed by atoms with van der Waals surface area (Å²) in [5.74, 6) is 2.35. The van der Waals surface area contributed by atoms with Crippen LogP contribution < -0.4 is 18.9 Å². The van der Waals surface area contributed by atoms with E-state index in [-0.39, 0.29) is 18.3 Å². The first kappa shape index (κ1) is 16.2. The van der Waals surface area contributed by atoms with Gasteiger partial charge in [-0.15, -0.1) is 0 Å². The van der Waals surface area contributed by atoms with Crippen molar-refractivity contribution in [2.75, 3.05) is 21.3 Å². The predicted molar refractivity (Wildman–Crippen MR) is 89.6 cm³/mol. The van der Waals surface area contributed by atoms with Gasteiger partial charge in [0.1, 0.15) is 34.7 Å². The van der Waals surface area contributed by atoms with Gasteiger partial charge in [-0.2, -0.15) is 0 Å². The molecule has 0 saturated carbocycles. The molecule has 1 aliphatic heterocycles. The van der Waals surface area contributed by atoms with Crippen molar-refractivity contribution in [1.29, 1.82) is 0 Å². The highest BCUT2D eigenvalue weighted by Gasteiger charge is 2.31. The molecule has 5 nitrogen and oxygen atoms in total. The number of carbonyl (C=O) groups is 1. The van der Waals surface area contributed by atoms with Gasteiger partial charge in [-0.1, -0.05) is 6.07 Å². The van der Waals surface area contributed by atoms with Crippen molar-refractivity contribution in [2.45, 2.75) is 19.4 Å². The molecule has 1 heterocycles. The lowest BCUT2D eigenvalue weighted by Gasteiger charge is -2.27. The topological polar surface area (TPSA) is 54.0 Å². The largest absolute Gasteiger partial charge is 0.496 e. The molecule has 0 amide bonds. The summed E-state index contributed by atoms with van der Waals surface area (Å²) < 4.78 is 21.9. The van der Waals surface area contributed by atoms with Gasteiger partial charge in [-0.3, -0.25) is 4.79 Å². The fraction of sp³-hybridized carbons (Fsp3) is 0.316. The third-order valence-corrected chi connectivity index (χ3v) is 4.20. The molecule has 24 heavy (non-hydrogen) atoms. The quantitative estimate of drug-likeness (QED) is 0.856. The van der Waals surface area contributed by atoms with E-state index in [4.69, 9.17) is 18.9 Å². The summed E-state index contributed by atoms with van der Waals surface area (Å²) in [4.78, 5) is 12.6. The monoisotopic (exact) mass is 328 g/mol. The standard InChI is InChI=1S/C19H20O5/c1-11-7-12(5-6-15(11)22-3)16-10-14(20)19-17(23-4)8-13(21-2)9-18(19)24-16/h5-9,16H,10H2,1-4H3. The van der Waals surface area contributed by atoms with Crippen molar-refractivity contribution in [1.82, 2.24) is 0 Å². The van der Waals surface area contributed by atoms with Gasteiger partial charge in [-0.25, -0.2) is 0 Å². The Balaban J connectivity index is 2.00. The summed E-state index contributed by atoms with van der Waals surface area (Å²) in [6, 6.07) is 9.21. The SMILES string of the molecule is COc1cc(OC)c2c(c1)OC(c1ccc(OC)c(C)c1)CC2=O. The van der Waals surface area contributed by atoms with E-state index in [1.807, 2.05) is 25.1 Å². The molecule has 0 N–H and O–H groups in total. The number of methoxy groups -OCH3 is 3. The molecule has 126 valence electrons. The minimum Gasteiger partial charge on any atom is -0.496 e. The van der Waals surface area contributed by atoms with Gasteiger partial charge in [0, 0.05) is 12.1 Å². The van der Waals surface area contributed by atoms with Crippen molar-refractivity contribution in [3.63, 3.8) is 0 Å². The van der Waals surface area contributed by atoms with Crippen LogP contribution in [0.5, 0.6) is 23.0 Å². The molecule has 5 heteroatoms. The average molecular weight is 328 g/mol. The number of rotatable bonds is 4. The molecule has 0 radical (unpaired) electrons. The Morgan fingerprint density at radius 3 is 2.38 bits per heavy atom. The third-order valence-electron chi connectivity index (χ3n) is 4.20. The second kappa shape index (κ2) is 6.43. The minimum atomic E-state index is -0.341. The molecule has 1 aliphatic rings. The lowest BCUT2D eigenvalue weighted by atomic mass is 9.94. The van der Waals surface area contributed by atoms with Gasteiger partial charge >= 0.3 is 0 Å². The van der Waals surface area contributed by atoms with Crippen LogP contribution >= 0.6 is 0 Å². The van der Waals surface area contributed by atoms with E-state index in [1.54, 1.807) is 26.4 Å². The number of benzene rings is 2. The molecular weight excluding hydrogens is 308 g/mol. The Morgan fingerprint density at radius 1 is 1.00 bits per heavy atom. The number of Topliss-reactive ketones (excluding diaryl/α,β-unsaturated/α-hetero) is 1. The first-order chi connectivity index (χ1) is 11.6. The average Bonchev–Trinajstić information content (AvgIpc) is 2.60. The normalized spacial score (nSPS) is 16.2. The summed E-state index contributed by atoms with van der Waals surface area (Å²) in [6.07, 6.45) is -0.0759. The fourth-order valence-electron chi connectivity index (χ4n) is 2.97. The number of ketones is 1.